The molecular formula is C14H13N5S2. The number of hydrogen-bond acceptors (Lipinski definition) is 7. The quantitative estimate of drug-likeness (QED) is 0.587. The fraction of sp³-hybridized carbons (Fsp3) is 0.143. The number of thiazole rings is 1. The first-order valence-electron chi connectivity index (χ1n) is 6.40. The van der Waals surface area contributed by atoms with Crippen molar-refractivity contribution in [3.05, 3.63) is 36.0 Å². The van der Waals surface area contributed by atoms with Crippen LogP contribution >= 0.6 is 23.1 Å². The second kappa shape index (κ2) is 6.19. The van der Waals surface area contributed by atoms with Gasteiger partial charge in [-0.25, -0.2) is 19.9 Å². The topological polar surface area (TPSA) is 77.6 Å². The lowest BCUT2D eigenvalue weighted by Gasteiger charge is -2.05. The van der Waals surface area contributed by atoms with Crippen LogP contribution in [0.2, 0.25) is 0 Å². The standard InChI is InChI=1S/C14H13N5S2/c1-2-20-14-17-4-3-10(19-14)11-7-9(15)8-12(18-11)13-16-5-6-21-13/h3-8H,2H2,1H3,(H2,15,18). The molecule has 0 aromatic carbocycles. The van der Waals surface area contributed by atoms with Crippen molar-refractivity contribution in [3.8, 4) is 22.1 Å². The number of aromatic nitrogens is 4. The molecule has 7 heteroatoms. The molecule has 0 bridgehead atoms. The van der Waals surface area contributed by atoms with Gasteiger partial charge in [0, 0.05) is 23.5 Å². The summed E-state index contributed by atoms with van der Waals surface area (Å²) in [6.45, 7) is 2.07. The third-order valence-corrected chi connectivity index (χ3v) is 4.21. The number of thioether (sulfide) groups is 1. The molecule has 106 valence electrons. The van der Waals surface area contributed by atoms with Gasteiger partial charge in [0.1, 0.15) is 10.7 Å². The average molecular weight is 315 g/mol. The molecule has 0 radical (unpaired) electrons. The molecule has 0 saturated carbocycles. The Morgan fingerprint density at radius 2 is 1.95 bits per heavy atom. The van der Waals surface area contributed by atoms with E-state index in [0.29, 0.717) is 5.69 Å². The Hall–Kier alpha value is -1.99. The van der Waals surface area contributed by atoms with Gasteiger partial charge in [0.15, 0.2) is 5.16 Å². The average Bonchev–Trinajstić information content (AvgIpc) is 3.01. The van der Waals surface area contributed by atoms with E-state index in [1.54, 1.807) is 24.2 Å². The van der Waals surface area contributed by atoms with Gasteiger partial charge in [-0.05, 0) is 24.0 Å². The Balaban J connectivity index is 2.04. The van der Waals surface area contributed by atoms with Crippen molar-refractivity contribution in [1.29, 1.82) is 0 Å². The lowest BCUT2D eigenvalue weighted by molar-refractivity contribution is 0.968. The maximum absolute atomic E-state index is 5.99. The van der Waals surface area contributed by atoms with Crippen LogP contribution in [0.15, 0.2) is 41.1 Å². The smallest absolute Gasteiger partial charge is 0.188 e. The highest BCUT2D eigenvalue weighted by molar-refractivity contribution is 7.99. The van der Waals surface area contributed by atoms with Gasteiger partial charge < -0.3 is 5.73 Å². The van der Waals surface area contributed by atoms with Gasteiger partial charge in [0.05, 0.1) is 11.4 Å². The van der Waals surface area contributed by atoms with Crippen molar-refractivity contribution < 1.29 is 0 Å². The minimum Gasteiger partial charge on any atom is -0.399 e. The number of rotatable bonds is 4. The Bertz CT molecular complexity index is 743. The molecule has 0 atom stereocenters. The molecule has 0 saturated heterocycles. The minimum absolute atomic E-state index is 0.647. The van der Waals surface area contributed by atoms with Gasteiger partial charge in [-0.3, -0.25) is 0 Å². The van der Waals surface area contributed by atoms with Crippen molar-refractivity contribution in [2.45, 2.75) is 12.1 Å². The van der Waals surface area contributed by atoms with Gasteiger partial charge in [0.2, 0.25) is 0 Å². The monoisotopic (exact) mass is 315 g/mol. The van der Waals surface area contributed by atoms with Gasteiger partial charge in [-0.15, -0.1) is 11.3 Å². The zero-order valence-corrected chi connectivity index (χ0v) is 13.0. The SMILES string of the molecule is CCSc1nccc(-c2cc(N)cc(-c3nccs3)n2)n1. The van der Waals surface area contributed by atoms with Crippen LogP contribution in [0.25, 0.3) is 22.1 Å². The lowest BCUT2D eigenvalue weighted by atomic mass is 10.2. The van der Waals surface area contributed by atoms with E-state index < -0.39 is 0 Å². The largest absolute Gasteiger partial charge is 0.399 e. The highest BCUT2D eigenvalue weighted by Gasteiger charge is 2.09. The number of hydrogen-bond donors (Lipinski definition) is 1. The zero-order valence-electron chi connectivity index (χ0n) is 11.4. The molecule has 3 aromatic heterocycles. The van der Waals surface area contributed by atoms with Crippen molar-refractivity contribution in [3.63, 3.8) is 0 Å². The van der Waals surface area contributed by atoms with E-state index in [0.717, 1.165) is 33.0 Å². The van der Waals surface area contributed by atoms with Gasteiger partial charge in [0.25, 0.3) is 0 Å². The first kappa shape index (κ1) is 14.0. The molecular weight excluding hydrogens is 302 g/mol. The Kier molecular flexibility index (Phi) is 4.12. The minimum atomic E-state index is 0.647. The molecule has 2 N–H and O–H groups in total. The summed E-state index contributed by atoms with van der Waals surface area (Å²) >= 11 is 3.13. The number of pyridine rings is 1. The predicted octanol–water partition coefficient (Wildman–Crippen LogP) is 3.36. The second-order valence-electron chi connectivity index (χ2n) is 4.17. The van der Waals surface area contributed by atoms with E-state index in [1.165, 1.54) is 11.3 Å². The summed E-state index contributed by atoms with van der Waals surface area (Å²) in [6, 6.07) is 5.48. The molecule has 21 heavy (non-hydrogen) atoms. The van der Waals surface area contributed by atoms with E-state index >= 15 is 0 Å². The summed E-state index contributed by atoms with van der Waals surface area (Å²) in [4.78, 5) is 17.6. The first-order chi connectivity index (χ1) is 10.3. The second-order valence-corrected chi connectivity index (χ2v) is 6.29. The van der Waals surface area contributed by atoms with E-state index in [4.69, 9.17) is 5.73 Å². The van der Waals surface area contributed by atoms with Crippen LogP contribution in [0.5, 0.6) is 0 Å². The fourth-order valence-corrected chi connectivity index (χ4v) is 2.98. The van der Waals surface area contributed by atoms with Crippen LogP contribution in [0.1, 0.15) is 6.92 Å². The number of nitrogens with two attached hydrogens (primary N) is 1. The summed E-state index contributed by atoms with van der Waals surface area (Å²) in [5.41, 5.74) is 8.91. The number of nitrogens with zero attached hydrogens (tertiary/aromatic N) is 4. The van der Waals surface area contributed by atoms with Crippen molar-refractivity contribution >= 4 is 28.8 Å². The molecule has 0 aliphatic rings. The molecule has 0 aliphatic carbocycles. The molecule has 0 amide bonds. The molecule has 3 aromatic rings. The van der Waals surface area contributed by atoms with Crippen molar-refractivity contribution in [1.82, 2.24) is 19.9 Å². The van der Waals surface area contributed by atoms with Crippen LogP contribution in [0, 0.1) is 0 Å². The fourth-order valence-electron chi connectivity index (χ4n) is 1.82. The van der Waals surface area contributed by atoms with Crippen molar-refractivity contribution in [2.24, 2.45) is 0 Å². The summed E-state index contributed by atoms with van der Waals surface area (Å²) in [5, 5.41) is 3.51. The van der Waals surface area contributed by atoms with E-state index in [-0.39, 0.29) is 0 Å². The van der Waals surface area contributed by atoms with E-state index in [9.17, 15) is 0 Å². The summed E-state index contributed by atoms with van der Waals surface area (Å²) in [5.74, 6) is 0.929. The maximum Gasteiger partial charge on any atom is 0.188 e. The van der Waals surface area contributed by atoms with Gasteiger partial charge >= 0.3 is 0 Å². The molecule has 0 unspecified atom stereocenters. The van der Waals surface area contributed by atoms with Crippen LogP contribution in [0.4, 0.5) is 5.69 Å². The first-order valence-corrected chi connectivity index (χ1v) is 8.26. The lowest BCUT2D eigenvalue weighted by Crippen LogP contribution is -1.96. The molecule has 0 spiro atoms. The molecule has 3 rings (SSSR count). The van der Waals surface area contributed by atoms with Crippen molar-refractivity contribution in [2.75, 3.05) is 11.5 Å². The van der Waals surface area contributed by atoms with Gasteiger partial charge in [-0.2, -0.15) is 0 Å². The highest BCUT2D eigenvalue weighted by Crippen LogP contribution is 2.26. The summed E-state index contributed by atoms with van der Waals surface area (Å²) in [7, 11) is 0. The highest BCUT2D eigenvalue weighted by atomic mass is 32.2. The third-order valence-electron chi connectivity index (χ3n) is 2.67. The summed E-state index contributed by atoms with van der Waals surface area (Å²) in [6.07, 6.45) is 3.50. The van der Waals surface area contributed by atoms with Crippen LogP contribution in [-0.4, -0.2) is 25.7 Å². The number of anilines is 1. The van der Waals surface area contributed by atoms with Crippen LogP contribution in [-0.2, 0) is 0 Å². The Morgan fingerprint density at radius 1 is 1.10 bits per heavy atom. The zero-order chi connectivity index (χ0) is 14.7. The Labute approximate surface area is 130 Å². The predicted molar refractivity (Wildman–Crippen MR) is 87.2 cm³/mol. The Morgan fingerprint density at radius 3 is 2.71 bits per heavy atom. The van der Waals surface area contributed by atoms with Crippen LogP contribution < -0.4 is 5.73 Å². The van der Waals surface area contributed by atoms with E-state index in [2.05, 4.69) is 26.9 Å². The normalized spacial score (nSPS) is 10.7. The number of nitrogen functional groups attached to an aromatic ring is 1. The molecule has 3 heterocycles. The molecule has 5 nitrogen and oxygen atoms in total. The summed E-state index contributed by atoms with van der Waals surface area (Å²) < 4.78 is 0. The van der Waals surface area contributed by atoms with E-state index in [1.807, 2.05) is 23.6 Å². The maximum atomic E-state index is 5.99. The van der Waals surface area contributed by atoms with Crippen LogP contribution in [0.3, 0.4) is 0 Å². The van der Waals surface area contributed by atoms with Gasteiger partial charge in [-0.1, -0.05) is 18.7 Å². The molecule has 0 aliphatic heterocycles. The third kappa shape index (κ3) is 3.20. The molecule has 0 fully saturated rings.